The van der Waals surface area contributed by atoms with Gasteiger partial charge in [-0.15, -0.1) is 0 Å². The highest BCUT2D eigenvalue weighted by atomic mass is 16.7. The van der Waals surface area contributed by atoms with Gasteiger partial charge in [0.15, 0.2) is 17.8 Å². The van der Waals surface area contributed by atoms with Crippen LogP contribution in [0.1, 0.15) is 26.7 Å². The molecule has 0 saturated carbocycles. The molecule has 0 aliphatic carbocycles. The van der Waals surface area contributed by atoms with Gasteiger partial charge >= 0.3 is 5.63 Å². The third kappa shape index (κ3) is 7.16. The van der Waals surface area contributed by atoms with Crippen molar-refractivity contribution in [1.29, 1.82) is 0 Å². The van der Waals surface area contributed by atoms with Gasteiger partial charge in [-0.05, 0) is 44.9 Å². The van der Waals surface area contributed by atoms with Gasteiger partial charge in [0.2, 0.25) is 0 Å². The van der Waals surface area contributed by atoms with Crippen molar-refractivity contribution < 1.29 is 43.8 Å². The van der Waals surface area contributed by atoms with Crippen molar-refractivity contribution >= 4 is 11.0 Å². The molecular formula is C26H34O10. The lowest BCUT2D eigenvalue weighted by Gasteiger charge is -2.39. The summed E-state index contributed by atoms with van der Waals surface area (Å²) in [6.45, 7) is 3.84. The minimum atomic E-state index is -1.46. The maximum Gasteiger partial charge on any atom is 0.336 e. The highest BCUT2D eigenvalue weighted by molar-refractivity contribution is 5.80. The summed E-state index contributed by atoms with van der Waals surface area (Å²) in [7, 11) is 1.55. The summed E-state index contributed by atoms with van der Waals surface area (Å²) >= 11 is 0. The molecule has 5 atom stereocenters. The number of allylic oxidation sites excluding steroid dienone is 2. The van der Waals surface area contributed by atoms with E-state index < -0.39 is 42.9 Å². The van der Waals surface area contributed by atoms with E-state index in [1.54, 1.807) is 25.3 Å². The van der Waals surface area contributed by atoms with E-state index in [1.165, 1.54) is 6.07 Å². The third-order valence-corrected chi connectivity index (χ3v) is 5.93. The van der Waals surface area contributed by atoms with Crippen LogP contribution in [-0.2, 0) is 9.47 Å². The highest BCUT2D eigenvalue weighted by Gasteiger charge is 2.43. The van der Waals surface area contributed by atoms with Crippen molar-refractivity contribution in [3.63, 3.8) is 0 Å². The Balaban J connectivity index is 1.47. The maximum absolute atomic E-state index is 11.5. The van der Waals surface area contributed by atoms with Crippen LogP contribution in [-0.4, -0.2) is 78.1 Å². The summed E-state index contributed by atoms with van der Waals surface area (Å²) in [5.41, 5.74) is 2.00. The van der Waals surface area contributed by atoms with E-state index in [1.807, 2.05) is 26.0 Å². The molecule has 1 saturated heterocycles. The van der Waals surface area contributed by atoms with Gasteiger partial charge in [-0.1, -0.05) is 17.2 Å². The fraction of sp³-hybridized carbons (Fsp3) is 0.500. The van der Waals surface area contributed by atoms with Crippen molar-refractivity contribution in [2.45, 2.75) is 57.4 Å². The summed E-state index contributed by atoms with van der Waals surface area (Å²) in [6.07, 6.45) is -0.964. The van der Waals surface area contributed by atoms with Crippen LogP contribution in [0.15, 0.2) is 56.8 Å². The number of benzene rings is 1. The summed E-state index contributed by atoms with van der Waals surface area (Å²) in [4.78, 5) is 11.5. The molecule has 10 heteroatoms. The van der Waals surface area contributed by atoms with Gasteiger partial charge in [-0.25, -0.2) is 4.79 Å². The molecule has 0 bridgehead atoms. The Labute approximate surface area is 209 Å². The summed E-state index contributed by atoms with van der Waals surface area (Å²) in [5.74, 6) is 1.02. The lowest BCUT2D eigenvalue weighted by atomic mass is 9.99. The molecule has 198 valence electrons. The molecule has 0 unspecified atom stereocenters. The number of rotatable bonds is 11. The van der Waals surface area contributed by atoms with Gasteiger partial charge in [0.05, 0.1) is 20.3 Å². The van der Waals surface area contributed by atoms with Crippen molar-refractivity contribution in [1.82, 2.24) is 0 Å². The quantitative estimate of drug-likeness (QED) is 0.262. The lowest BCUT2D eigenvalue weighted by Crippen LogP contribution is -2.59. The zero-order chi connectivity index (χ0) is 26.2. The van der Waals surface area contributed by atoms with E-state index in [0.717, 1.165) is 29.4 Å². The molecule has 1 aliphatic heterocycles. The number of hydrogen-bond acceptors (Lipinski definition) is 10. The standard InChI is InChI=1S/C26H34O10/c1-15(9-10-33-20-12-18-17(11-19(20)32-3)7-8-22(28)35-18)5-4-6-16(2)14-34-26-25(31)24(30)23(29)21(13-27)36-26/h6-9,11-12,21,23-27,29-31H,4-5,10,13-14H2,1-3H3/b15-9+,16-6-/t21-,23+,24-,25-,26+/m0/s1. The fourth-order valence-electron chi connectivity index (χ4n) is 3.75. The Morgan fingerprint density at radius 3 is 2.53 bits per heavy atom. The molecule has 2 aromatic rings. The van der Waals surface area contributed by atoms with Crippen molar-refractivity contribution in [3.8, 4) is 11.5 Å². The minimum absolute atomic E-state index is 0.159. The fourth-order valence-corrected chi connectivity index (χ4v) is 3.75. The van der Waals surface area contributed by atoms with Crippen molar-refractivity contribution in [2.75, 3.05) is 26.9 Å². The third-order valence-electron chi connectivity index (χ3n) is 5.93. The molecule has 10 nitrogen and oxygen atoms in total. The Morgan fingerprint density at radius 2 is 1.81 bits per heavy atom. The van der Waals surface area contributed by atoms with E-state index in [9.17, 15) is 25.2 Å². The Hall–Kier alpha value is -2.73. The Morgan fingerprint density at radius 1 is 1.03 bits per heavy atom. The molecule has 0 amide bonds. The van der Waals surface area contributed by atoms with Crippen LogP contribution < -0.4 is 15.1 Å². The molecule has 1 fully saturated rings. The lowest BCUT2D eigenvalue weighted by molar-refractivity contribution is -0.299. The number of hydrogen-bond donors (Lipinski definition) is 4. The van der Waals surface area contributed by atoms with Crippen LogP contribution in [0.25, 0.3) is 11.0 Å². The van der Waals surface area contributed by atoms with E-state index in [-0.39, 0.29) is 6.61 Å². The molecular weight excluding hydrogens is 472 g/mol. The number of aliphatic hydroxyl groups is 4. The van der Waals surface area contributed by atoms with Gasteiger partial charge in [0, 0.05) is 17.5 Å². The molecule has 1 aromatic heterocycles. The van der Waals surface area contributed by atoms with Crippen molar-refractivity contribution in [3.05, 3.63) is 58.0 Å². The van der Waals surface area contributed by atoms with Crippen LogP contribution in [0.4, 0.5) is 0 Å². The topological polar surface area (TPSA) is 148 Å². The molecule has 1 aromatic carbocycles. The van der Waals surface area contributed by atoms with Gasteiger partial charge in [-0.2, -0.15) is 0 Å². The first-order valence-electron chi connectivity index (χ1n) is 11.7. The molecule has 1 aliphatic rings. The molecule has 0 radical (unpaired) electrons. The number of ether oxygens (including phenoxy) is 4. The van der Waals surface area contributed by atoms with E-state index in [4.69, 9.17) is 23.4 Å². The first-order chi connectivity index (χ1) is 17.2. The van der Waals surface area contributed by atoms with Crippen LogP contribution in [0, 0.1) is 0 Å². The number of fused-ring (bicyclic) bond motifs is 1. The largest absolute Gasteiger partial charge is 0.493 e. The van der Waals surface area contributed by atoms with Crippen LogP contribution in [0.5, 0.6) is 11.5 Å². The summed E-state index contributed by atoms with van der Waals surface area (Å²) in [6, 6.07) is 6.41. The predicted octanol–water partition coefficient (Wildman–Crippen LogP) is 1.67. The maximum atomic E-state index is 11.5. The molecule has 3 rings (SSSR count). The SMILES string of the molecule is COc1cc2ccc(=O)oc2cc1OC/C=C(\C)CC/C=C(/C)CO[C@@H]1O[C@@H](CO)[C@@H](O)[C@H](O)[C@@H]1O. The van der Waals surface area contributed by atoms with Gasteiger partial charge in [-0.3, -0.25) is 0 Å². The van der Waals surface area contributed by atoms with Crippen LogP contribution in [0.2, 0.25) is 0 Å². The van der Waals surface area contributed by atoms with Crippen LogP contribution in [0.3, 0.4) is 0 Å². The molecule has 4 N–H and O–H groups in total. The minimum Gasteiger partial charge on any atom is -0.493 e. The second-order valence-corrected chi connectivity index (χ2v) is 8.75. The normalized spacial score (nSPS) is 25.2. The summed E-state index contributed by atoms with van der Waals surface area (Å²) < 4.78 is 27.3. The Bertz CT molecular complexity index is 1120. The first kappa shape index (κ1) is 27.9. The van der Waals surface area contributed by atoms with E-state index in [0.29, 0.717) is 23.7 Å². The highest BCUT2D eigenvalue weighted by Crippen LogP contribution is 2.32. The van der Waals surface area contributed by atoms with Crippen molar-refractivity contribution in [2.24, 2.45) is 0 Å². The van der Waals surface area contributed by atoms with E-state index >= 15 is 0 Å². The second kappa shape index (κ2) is 13.0. The van der Waals surface area contributed by atoms with Crippen LogP contribution >= 0.6 is 0 Å². The number of aliphatic hydroxyl groups excluding tert-OH is 4. The monoisotopic (exact) mass is 506 g/mol. The predicted molar refractivity (Wildman–Crippen MR) is 131 cm³/mol. The molecule has 2 heterocycles. The first-order valence-corrected chi connectivity index (χ1v) is 11.7. The Kier molecular flexibility index (Phi) is 10.1. The van der Waals surface area contributed by atoms with Gasteiger partial charge < -0.3 is 43.8 Å². The number of methoxy groups -OCH3 is 1. The molecule has 36 heavy (non-hydrogen) atoms. The van der Waals surface area contributed by atoms with Gasteiger partial charge in [0.1, 0.15) is 36.6 Å². The summed E-state index contributed by atoms with van der Waals surface area (Å²) in [5, 5.41) is 39.7. The average Bonchev–Trinajstić information content (AvgIpc) is 2.86. The average molecular weight is 507 g/mol. The molecule has 0 spiro atoms. The zero-order valence-corrected chi connectivity index (χ0v) is 20.6. The zero-order valence-electron chi connectivity index (χ0n) is 20.6. The smallest absolute Gasteiger partial charge is 0.336 e. The van der Waals surface area contributed by atoms with Gasteiger partial charge in [0.25, 0.3) is 0 Å². The second-order valence-electron chi connectivity index (χ2n) is 8.75. The van der Waals surface area contributed by atoms with E-state index in [2.05, 4.69) is 0 Å².